The molecule has 1 heterocycles. The van der Waals surface area contributed by atoms with Crippen LogP contribution in [0.1, 0.15) is 26.7 Å². The number of ether oxygens (including phenoxy) is 1. The molecule has 0 aromatic heterocycles. The van der Waals surface area contributed by atoms with Gasteiger partial charge in [-0.15, -0.1) is 12.4 Å². The molecule has 0 unspecified atom stereocenters. The van der Waals surface area contributed by atoms with E-state index in [1.54, 1.807) is 4.90 Å². The van der Waals surface area contributed by atoms with E-state index in [2.05, 4.69) is 13.8 Å². The number of carbonyl (C=O) groups is 1. The largest absolute Gasteiger partial charge is 0.368 e. The van der Waals surface area contributed by atoms with E-state index >= 15 is 0 Å². The van der Waals surface area contributed by atoms with Gasteiger partial charge in [0.2, 0.25) is 0 Å². The van der Waals surface area contributed by atoms with Gasteiger partial charge in [0.25, 0.3) is 5.91 Å². The number of carbonyl (C=O) groups excluding carboxylic acids is 1. The van der Waals surface area contributed by atoms with Gasteiger partial charge < -0.3 is 15.4 Å². The van der Waals surface area contributed by atoms with Crippen LogP contribution >= 0.6 is 12.4 Å². The van der Waals surface area contributed by atoms with E-state index in [-0.39, 0.29) is 29.8 Å². The maximum atomic E-state index is 11.9. The zero-order valence-electron chi connectivity index (χ0n) is 10.4. The van der Waals surface area contributed by atoms with E-state index in [0.29, 0.717) is 19.7 Å². The molecule has 0 spiro atoms. The summed E-state index contributed by atoms with van der Waals surface area (Å²) in [6.07, 6.45) is 1.63. The Morgan fingerprint density at radius 1 is 1.56 bits per heavy atom. The highest BCUT2D eigenvalue weighted by Crippen LogP contribution is 2.18. The Kier molecular flexibility index (Phi) is 6.30. The van der Waals surface area contributed by atoms with E-state index in [1.807, 2.05) is 7.05 Å². The van der Waals surface area contributed by atoms with Crippen molar-refractivity contribution in [3.63, 3.8) is 0 Å². The molecular formula is C11H23ClN2O2. The Balaban J connectivity index is 0.00000225. The van der Waals surface area contributed by atoms with Gasteiger partial charge in [0.1, 0.15) is 6.10 Å². The molecule has 16 heavy (non-hydrogen) atoms. The molecule has 4 nitrogen and oxygen atoms in total. The Morgan fingerprint density at radius 2 is 2.19 bits per heavy atom. The predicted octanol–water partition coefficient (Wildman–Crippen LogP) is 1.03. The molecule has 1 amide bonds. The molecule has 0 aromatic rings. The molecule has 1 aliphatic heterocycles. The Labute approximate surface area is 104 Å². The minimum atomic E-state index is -0.219. The molecule has 2 N–H and O–H groups in total. The average Bonchev–Trinajstić information content (AvgIpc) is 2.68. The van der Waals surface area contributed by atoms with Crippen molar-refractivity contribution in [2.75, 3.05) is 26.7 Å². The first-order valence-corrected chi connectivity index (χ1v) is 5.53. The van der Waals surface area contributed by atoms with Crippen LogP contribution in [0.2, 0.25) is 0 Å². The van der Waals surface area contributed by atoms with Gasteiger partial charge in [-0.2, -0.15) is 0 Å². The number of amides is 1. The van der Waals surface area contributed by atoms with Crippen LogP contribution in [0.5, 0.6) is 0 Å². The lowest BCUT2D eigenvalue weighted by Crippen LogP contribution is -2.43. The SMILES string of the molecule is CN(CC(C)(C)CN)C(=O)[C@H]1CCCO1.Cl. The normalized spacial score (nSPS) is 20.4. The third-order valence-electron chi connectivity index (χ3n) is 2.80. The Hall–Kier alpha value is -0.320. The molecule has 0 saturated carbocycles. The van der Waals surface area contributed by atoms with Crippen molar-refractivity contribution in [1.29, 1.82) is 0 Å². The van der Waals surface area contributed by atoms with Crippen LogP contribution in [0.15, 0.2) is 0 Å². The van der Waals surface area contributed by atoms with E-state index in [9.17, 15) is 4.79 Å². The molecule has 0 aromatic carbocycles. The van der Waals surface area contributed by atoms with E-state index in [1.165, 1.54) is 0 Å². The summed E-state index contributed by atoms with van der Waals surface area (Å²) in [5.41, 5.74) is 5.61. The van der Waals surface area contributed by atoms with Gasteiger partial charge >= 0.3 is 0 Å². The molecule has 1 rings (SSSR count). The summed E-state index contributed by atoms with van der Waals surface area (Å²) in [4.78, 5) is 13.6. The van der Waals surface area contributed by atoms with Crippen molar-refractivity contribution in [3.8, 4) is 0 Å². The summed E-state index contributed by atoms with van der Waals surface area (Å²) in [6, 6.07) is 0. The van der Waals surface area contributed by atoms with E-state index < -0.39 is 0 Å². The fourth-order valence-corrected chi connectivity index (χ4v) is 1.80. The molecular weight excluding hydrogens is 228 g/mol. The Morgan fingerprint density at radius 3 is 2.62 bits per heavy atom. The van der Waals surface area contributed by atoms with Crippen LogP contribution in [0.3, 0.4) is 0 Å². The average molecular weight is 251 g/mol. The summed E-state index contributed by atoms with van der Waals surface area (Å²) in [5.74, 6) is 0.0917. The Bertz CT molecular complexity index is 228. The monoisotopic (exact) mass is 250 g/mol. The van der Waals surface area contributed by atoms with Crippen molar-refractivity contribution in [3.05, 3.63) is 0 Å². The third kappa shape index (κ3) is 4.28. The summed E-state index contributed by atoms with van der Waals surface area (Å²) in [7, 11) is 1.82. The minimum Gasteiger partial charge on any atom is -0.368 e. The lowest BCUT2D eigenvalue weighted by atomic mass is 9.93. The topological polar surface area (TPSA) is 55.6 Å². The van der Waals surface area contributed by atoms with Crippen LogP contribution in [-0.4, -0.2) is 43.7 Å². The molecule has 0 aliphatic carbocycles. The number of nitrogens with zero attached hydrogens (tertiary/aromatic N) is 1. The number of hydrogen-bond acceptors (Lipinski definition) is 3. The highest BCUT2D eigenvalue weighted by molar-refractivity contribution is 5.85. The summed E-state index contributed by atoms with van der Waals surface area (Å²) >= 11 is 0. The van der Waals surface area contributed by atoms with Crippen molar-refractivity contribution >= 4 is 18.3 Å². The van der Waals surface area contributed by atoms with Crippen molar-refractivity contribution in [2.24, 2.45) is 11.1 Å². The minimum absolute atomic E-state index is 0. The first-order valence-electron chi connectivity index (χ1n) is 5.53. The highest BCUT2D eigenvalue weighted by Gasteiger charge is 2.29. The first-order chi connectivity index (χ1) is 6.96. The lowest BCUT2D eigenvalue weighted by Gasteiger charge is -2.30. The summed E-state index contributed by atoms with van der Waals surface area (Å²) < 4.78 is 5.36. The summed E-state index contributed by atoms with van der Waals surface area (Å²) in [5, 5.41) is 0. The van der Waals surface area contributed by atoms with Crippen LogP contribution in [0.25, 0.3) is 0 Å². The van der Waals surface area contributed by atoms with Gasteiger partial charge in [-0.1, -0.05) is 13.8 Å². The smallest absolute Gasteiger partial charge is 0.251 e. The predicted molar refractivity (Wildman–Crippen MR) is 66.7 cm³/mol. The maximum Gasteiger partial charge on any atom is 0.251 e. The van der Waals surface area contributed by atoms with Crippen molar-refractivity contribution < 1.29 is 9.53 Å². The molecule has 1 saturated heterocycles. The summed E-state index contributed by atoms with van der Waals surface area (Å²) in [6.45, 7) is 6.10. The fraction of sp³-hybridized carbons (Fsp3) is 0.909. The molecule has 96 valence electrons. The fourth-order valence-electron chi connectivity index (χ4n) is 1.80. The number of halogens is 1. The van der Waals surface area contributed by atoms with Crippen LogP contribution in [0.4, 0.5) is 0 Å². The number of likely N-dealkylation sites (N-methyl/N-ethyl adjacent to an activating group) is 1. The molecule has 5 heteroatoms. The van der Waals surface area contributed by atoms with Gasteiger partial charge in [0, 0.05) is 20.2 Å². The number of hydrogen-bond donors (Lipinski definition) is 1. The number of nitrogens with two attached hydrogens (primary N) is 1. The van der Waals surface area contributed by atoms with Crippen molar-refractivity contribution in [1.82, 2.24) is 4.90 Å². The third-order valence-corrected chi connectivity index (χ3v) is 2.80. The highest BCUT2D eigenvalue weighted by atomic mass is 35.5. The maximum absolute atomic E-state index is 11.9. The van der Waals surface area contributed by atoms with Gasteiger partial charge in [-0.3, -0.25) is 4.79 Å². The van der Waals surface area contributed by atoms with Crippen LogP contribution in [-0.2, 0) is 9.53 Å². The van der Waals surface area contributed by atoms with Gasteiger partial charge in [0.05, 0.1) is 0 Å². The molecule has 1 atom stereocenters. The number of rotatable bonds is 4. The zero-order chi connectivity index (χ0) is 11.5. The molecule has 0 radical (unpaired) electrons. The second-order valence-corrected chi connectivity index (χ2v) is 5.06. The standard InChI is InChI=1S/C11H22N2O2.ClH/c1-11(2,7-12)8-13(3)10(14)9-5-4-6-15-9;/h9H,4-8,12H2,1-3H3;1H/t9-;/m1./s1. The second-order valence-electron chi connectivity index (χ2n) is 5.06. The van der Waals surface area contributed by atoms with Crippen LogP contribution < -0.4 is 5.73 Å². The quantitative estimate of drug-likeness (QED) is 0.811. The molecule has 0 bridgehead atoms. The van der Waals surface area contributed by atoms with Gasteiger partial charge in [0.15, 0.2) is 0 Å². The second kappa shape index (κ2) is 6.42. The zero-order valence-corrected chi connectivity index (χ0v) is 11.2. The molecule has 1 aliphatic rings. The first kappa shape index (κ1) is 15.7. The van der Waals surface area contributed by atoms with E-state index in [4.69, 9.17) is 10.5 Å². The molecule has 1 fully saturated rings. The van der Waals surface area contributed by atoms with Crippen molar-refractivity contribution in [2.45, 2.75) is 32.8 Å². The lowest BCUT2D eigenvalue weighted by molar-refractivity contribution is -0.140. The van der Waals surface area contributed by atoms with Crippen LogP contribution in [0, 0.1) is 5.41 Å². The van der Waals surface area contributed by atoms with E-state index in [0.717, 1.165) is 12.8 Å². The van der Waals surface area contributed by atoms with Gasteiger partial charge in [-0.05, 0) is 24.8 Å². The van der Waals surface area contributed by atoms with Gasteiger partial charge in [-0.25, -0.2) is 0 Å².